The highest BCUT2D eigenvalue weighted by Crippen LogP contribution is 2.28. The van der Waals surface area contributed by atoms with E-state index in [9.17, 15) is 0 Å². The summed E-state index contributed by atoms with van der Waals surface area (Å²) in [5, 5.41) is 14.2. The number of rotatable bonds is 4. The Balaban J connectivity index is 1.90. The maximum atomic E-state index is 5.35. The summed E-state index contributed by atoms with van der Waals surface area (Å²) < 4.78 is 5.35. The summed E-state index contributed by atoms with van der Waals surface area (Å²) in [5.41, 5.74) is 0. The van der Waals surface area contributed by atoms with Crippen LogP contribution < -0.4 is 5.32 Å². The Morgan fingerprint density at radius 1 is 1.38 bits per heavy atom. The monoisotopic (exact) mass is 241 g/mol. The van der Waals surface area contributed by atoms with Crippen LogP contribution in [0.25, 0.3) is 0 Å². The molecule has 2 heterocycles. The lowest BCUT2D eigenvalue weighted by Crippen LogP contribution is -2.21. The van der Waals surface area contributed by atoms with Crippen molar-refractivity contribution in [1.82, 2.24) is 15.5 Å². The molecule has 1 N–H and O–H groups in total. The third kappa shape index (κ3) is 3.23. The molecule has 0 unspecified atom stereocenters. The van der Waals surface area contributed by atoms with E-state index in [1.807, 2.05) is 0 Å². The van der Waals surface area contributed by atoms with Gasteiger partial charge >= 0.3 is 0 Å². The molecular formula is C11H19N3OS. The fourth-order valence-electron chi connectivity index (χ4n) is 1.74. The lowest BCUT2D eigenvalue weighted by Gasteiger charge is -2.19. The fourth-order valence-corrected chi connectivity index (χ4v) is 2.70. The van der Waals surface area contributed by atoms with E-state index in [0.717, 1.165) is 37.6 Å². The first-order valence-corrected chi connectivity index (χ1v) is 6.70. The first kappa shape index (κ1) is 12.0. The van der Waals surface area contributed by atoms with Gasteiger partial charge in [0, 0.05) is 31.7 Å². The zero-order chi connectivity index (χ0) is 11.4. The van der Waals surface area contributed by atoms with Gasteiger partial charge in [-0.25, -0.2) is 0 Å². The highest BCUT2D eigenvalue weighted by molar-refractivity contribution is 7.11. The molecule has 16 heavy (non-hydrogen) atoms. The molecule has 5 heteroatoms. The molecule has 0 amide bonds. The zero-order valence-electron chi connectivity index (χ0n) is 9.90. The summed E-state index contributed by atoms with van der Waals surface area (Å²) in [4.78, 5) is 0. The molecule has 0 aromatic carbocycles. The standard InChI is InChI=1S/C11H19N3OS/c1-8(2)12-7-10-13-14-11(16-10)9-3-5-15-6-4-9/h8-9,12H,3-7H2,1-2H3. The Morgan fingerprint density at radius 3 is 2.81 bits per heavy atom. The lowest BCUT2D eigenvalue weighted by atomic mass is 10.0. The van der Waals surface area contributed by atoms with E-state index in [0.29, 0.717) is 12.0 Å². The first-order valence-electron chi connectivity index (χ1n) is 5.89. The van der Waals surface area contributed by atoms with Crippen molar-refractivity contribution in [2.75, 3.05) is 13.2 Å². The van der Waals surface area contributed by atoms with Gasteiger partial charge in [0.05, 0.1) is 0 Å². The highest BCUT2D eigenvalue weighted by Gasteiger charge is 2.19. The maximum Gasteiger partial charge on any atom is 0.131 e. The van der Waals surface area contributed by atoms with Gasteiger partial charge in [-0.3, -0.25) is 0 Å². The van der Waals surface area contributed by atoms with Gasteiger partial charge in [0.2, 0.25) is 0 Å². The molecular weight excluding hydrogens is 222 g/mol. The Labute approximate surface area is 100 Å². The van der Waals surface area contributed by atoms with Crippen LogP contribution in [0.3, 0.4) is 0 Å². The van der Waals surface area contributed by atoms with E-state index in [4.69, 9.17) is 4.74 Å². The van der Waals surface area contributed by atoms with Crippen molar-refractivity contribution in [3.8, 4) is 0 Å². The number of nitrogens with zero attached hydrogens (tertiary/aromatic N) is 2. The van der Waals surface area contributed by atoms with Crippen molar-refractivity contribution in [2.24, 2.45) is 0 Å². The fraction of sp³-hybridized carbons (Fsp3) is 0.818. The Hall–Kier alpha value is -0.520. The highest BCUT2D eigenvalue weighted by atomic mass is 32.1. The number of nitrogens with one attached hydrogen (secondary N) is 1. The van der Waals surface area contributed by atoms with Crippen LogP contribution in [0.15, 0.2) is 0 Å². The SMILES string of the molecule is CC(C)NCc1nnc(C2CCOCC2)s1. The van der Waals surface area contributed by atoms with E-state index in [2.05, 4.69) is 29.4 Å². The van der Waals surface area contributed by atoms with Crippen LogP contribution >= 0.6 is 11.3 Å². The van der Waals surface area contributed by atoms with Crippen LogP contribution in [-0.4, -0.2) is 29.5 Å². The van der Waals surface area contributed by atoms with Gasteiger partial charge < -0.3 is 10.1 Å². The van der Waals surface area contributed by atoms with Crippen molar-refractivity contribution >= 4 is 11.3 Å². The molecule has 90 valence electrons. The average molecular weight is 241 g/mol. The van der Waals surface area contributed by atoms with Gasteiger partial charge in [-0.1, -0.05) is 25.2 Å². The summed E-state index contributed by atoms with van der Waals surface area (Å²) in [6, 6.07) is 0.496. The Kier molecular flexibility index (Phi) is 4.26. The summed E-state index contributed by atoms with van der Waals surface area (Å²) in [7, 11) is 0. The van der Waals surface area contributed by atoms with Crippen molar-refractivity contribution in [1.29, 1.82) is 0 Å². The Morgan fingerprint density at radius 2 is 2.12 bits per heavy atom. The summed E-state index contributed by atoms with van der Waals surface area (Å²) in [5.74, 6) is 0.569. The van der Waals surface area contributed by atoms with Crippen molar-refractivity contribution in [3.05, 3.63) is 10.0 Å². The minimum atomic E-state index is 0.496. The second kappa shape index (κ2) is 5.70. The summed E-state index contributed by atoms with van der Waals surface area (Å²) in [6.45, 7) is 6.84. The van der Waals surface area contributed by atoms with Gasteiger partial charge in [0.25, 0.3) is 0 Å². The van der Waals surface area contributed by atoms with Crippen LogP contribution in [0.1, 0.15) is 42.6 Å². The molecule has 1 saturated heterocycles. The molecule has 0 atom stereocenters. The number of ether oxygens (including phenoxy) is 1. The van der Waals surface area contributed by atoms with Crippen LogP contribution in [0, 0.1) is 0 Å². The van der Waals surface area contributed by atoms with E-state index in [-0.39, 0.29) is 0 Å². The third-order valence-electron chi connectivity index (χ3n) is 2.71. The van der Waals surface area contributed by atoms with Gasteiger partial charge in [-0.05, 0) is 12.8 Å². The number of hydrogen-bond acceptors (Lipinski definition) is 5. The molecule has 1 aromatic heterocycles. The Bertz CT molecular complexity index is 321. The maximum absolute atomic E-state index is 5.35. The van der Waals surface area contributed by atoms with E-state index in [1.54, 1.807) is 11.3 Å². The predicted molar refractivity (Wildman–Crippen MR) is 64.7 cm³/mol. The number of aromatic nitrogens is 2. The number of hydrogen-bond donors (Lipinski definition) is 1. The van der Waals surface area contributed by atoms with Crippen LogP contribution in [0.5, 0.6) is 0 Å². The molecule has 1 aliphatic heterocycles. The molecule has 1 fully saturated rings. The molecule has 1 aliphatic rings. The molecule has 0 aliphatic carbocycles. The lowest BCUT2D eigenvalue weighted by molar-refractivity contribution is 0.0851. The van der Waals surface area contributed by atoms with Crippen LogP contribution in [0.2, 0.25) is 0 Å². The van der Waals surface area contributed by atoms with Gasteiger partial charge in [-0.2, -0.15) is 0 Å². The molecule has 0 bridgehead atoms. The predicted octanol–water partition coefficient (Wildman–Crippen LogP) is 1.93. The molecule has 4 nitrogen and oxygen atoms in total. The summed E-state index contributed by atoms with van der Waals surface area (Å²) in [6.07, 6.45) is 2.18. The normalized spacial score (nSPS) is 18.2. The minimum absolute atomic E-state index is 0.496. The van der Waals surface area contributed by atoms with Gasteiger partial charge in [0.15, 0.2) is 0 Å². The smallest absolute Gasteiger partial charge is 0.131 e. The van der Waals surface area contributed by atoms with Crippen molar-refractivity contribution in [2.45, 2.75) is 45.2 Å². The van der Waals surface area contributed by atoms with Gasteiger partial charge in [-0.15, -0.1) is 10.2 Å². The first-order chi connectivity index (χ1) is 7.75. The molecule has 0 saturated carbocycles. The van der Waals surface area contributed by atoms with E-state index < -0.39 is 0 Å². The van der Waals surface area contributed by atoms with Crippen molar-refractivity contribution in [3.63, 3.8) is 0 Å². The second-order valence-corrected chi connectivity index (χ2v) is 5.55. The molecule has 0 spiro atoms. The molecule has 2 rings (SSSR count). The summed E-state index contributed by atoms with van der Waals surface area (Å²) >= 11 is 1.74. The third-order valence-corrected chi connectivity index (χ3v) is 3.80. The van der Waals surface area contributed by atoms with Crippen molar-refractivity contribution < 1.29 is 4.74 Å². The minimum Gasteiger partial charge on any atom is -0.381 e. The molecule has 1 aromatic rings. The second-order valence-electron chi connectivity index (χ2n) is 4.46. The zero-order valence-corrected chi connectivity index (χ0v) is 10.7. The van der Waals surface area contributed by atoms with E-state index in [1.165, 1.54) is 5.01 Å². The molecule has 0 radical (unpaired) electrons. The quantitative estimate of drug-likeness (QED) is 0.875. The topological polar surface area (TPSA) is 47.0 Å². The van der Waals surface area contributed by atoms with E-state index >= 15 is 0 Å². The van der Waals surface area contributed by atoms with Crippen LogP contribution in [-0.2, 0) is 11.3 Å². The largest absolute Gasteiger partial charge is 0.381 e. The van der Waals surface area contributed by atoms with Gasteiger partial charge in [0.1, 0.15) is 10.0 Å². The average Bonchev–Trinajstić information content (AvgIpc) is 2.76. The van der Waals surface area contributed by atoms with Crippen LogP contribution in [0.4, 0.5) is 0 Å².